The molecule has 1 spiro atoms. The highest BCUT2D eigenvalue weighted by molar-refractivity contribution is 9.10. The van der Waals surface area contributed by atoms with Crippen LogP contribution >= 0.6 is 15.9 Å². The van der Waals surface area contributed by atoms with Gasteiger partial charge in [-0.05, 0) is 30.7 Å². The number of rotatable bonds is 3. The standard InChI is InChI=1S/C15H20BrNO3/c16-13-4-1-3-12(9-13)14(18)10-17-6-2-5-15(11-17)19-7-8-20-15/h1,3-4,9,14,18H,2,5-8,10-11H2. The monoisotopic (exact) mass is 341 g/mol. The smallest absolute Gasteiger partial charge is 0.181 e. The van der Waals surface area contributed by atoms with Crippen molar-refractivity contribution < 1.29 is 14.6 Å². The second kappa shape index (κ2) is 6.12. The number of halogens is 1. The molecule has 2 aliphatic heterocycles. The van der Waals surface area contributed by atoms with Crippen molar-refractivity contribution in [3.05, 3.63) is 34.3 Å². The Labute approximate surface area is 127 Å². The highest BCUT2D eigenvalue weighted by atomic mass is 79.9. The van der Waals surface area contributed by atoms with Crippen molar-refractivity contribution in [3.8, 4) is 0 Å². The van der Waals surface area contributed by atoms with E-state index in [0.29, 0.717) is 19.8 Å². The largest absolute Gasteiger partial charge is 0.387 e. The van der Waals surface area contributed by atoms with E-state index in [1.165, 1.54) is 0 Å². The molecule has 20 heavy (non-hydrogen) atoms. The number of nitrogens with zero attached hydrogens (tertiary/aromatic N) is 1. The molecular formula is C15H20BrNO3. The van der Waals surface area contributed by atoms with Gasteiger partial charge in [-0.3, -0.25) is 4.90 Å². The van der Waals surface area contributed by atoms with Crippen LogP contribution in [0.3, 0.4) is 0 Å². The number of likely N-dealkylation sites (tertiary alicyclic amines) is 1. The summed E-state index contributed by atoms with van der Waals surface area (Å²) in [5.41, 5.74) is 0.937. The number of benzene rings is 1. The molecule has 1 aromatic rings. The van der Waals surface area contributed by atoms with Crippen LogP contribution in [0.4, 0.5) is 0 Å². The number of β-amino-alcohol motifs (C(OH)–C–C–N with tert-alkyl or cyclic N) is 1. The molecule has 4 nitrogen and oxygen atoms in total. The van der Waals surface area contributed by atoms with Gasteiger partial charge in [0.05, 0.1) is 25.9 Å². The zero-order valence-corrected chi connectivity index (χ0v) is 13.0. The molecule has 2 fully saturated rings. The normalized spacial score (nSPS) is 24.1. The van der Waals surface area contributed by atoms with E-state index in [1.54, 1.807) is 0 Å². The molecule has 0 bridgehead atoms. The first kappa shape index (κ1) is 14.5. The number of aliphatic hydroxyl groups excluding tert-OH is 1. The molecule has 2 saturated heterocycles. The minimum absolute atomic E-state index is 0.421. The molecule has 1 N–H and O–H groups in total. The van der Waals surface area contributed by atoms with Crippen molar-refractivity contribution in [2.24, 2.45) is 0 Å². The SMILES string of the molecule is OC(CN1CCCC2(C1)OCCO2)c1cccc(Br)c1. The molecule has 2 aliphatic rings. The lowest BCUT2D eigenvalue weighted by Crippen LogP contribution is -2.49. The second-order valence-corrected chi connectivity index (χ2v) is 6.43. The van der Waals surface area contributed by atoms with Crippen LogP contribution in [0.15, 0.2) is 28.7 Å². The molecule has 1 aromatic carbocycles. The topological polar surface area (TPSA) is 41.9 Å². The lowest BCUT2D eigenvalue weighted by molar-refractivity contribution is -0.191. The van der Waals surface area contributed by atoms with E-state index in [2.05, 4.69) is 20.8 Å². The van der Waals surface area contributed by atoms with Crippen molar-refractivity contribution in [1.82, 2.24) is 4.90 Å². The van der Waals surface area contributed by atoms with Gasteiger partial charge >= 0.3 is 0 Å². The number of hydrogen-bond acceptors (Lipinski definition) is 4. The summed E-state index contributed by atoms with van der Waals surface area (Å²) < 4.78 is 12.5. The fraction of sp³-hybridized carbons (Fsp3) is 0.600. The van der Waals surface area contributed by atoms with Crippen LogP contribution < -0.4 is 0 Å². The van der Waals surface area contributed by atoms with Crippen LogP contribution in [0.1, 0.15) is 24.5 Å². The highest BCUT2D eigenvalue weighted by Gasteiger charge is 2.40. The summed E-state index contributed by atoms with van der Waals surface area (Å²) in [5, 5.41) is 10.4. The number of aliphatic hydroxyl groups is 1. The van der Waals surface area contributed by atoms with Gasteiger partial charge in [-0.25, -0.2) is 0 Å². The van der Waals surface area contributed by atoms with E-state index >= 15 is 0 Å². The Hall–Kier alpha value is -0.460. The van der Waals surface area contributed by atoms with Crippen LogP contribution in [0.25, 0.3) is 0 Å². The summed E-state index contributed by atoms with van der Waals surface area (Å²) >= 11 is 3.44. The van der Waals surface area contributed by atoms with Crippen LogP contribution in [0.2, 0.25) is 0 Å². The average molecular weight is 342 g/mol. The molecule has 0 saturated carbocycles. The maximum Gasteiger partial charge on any atom is 0.181 e. The molecule has 0 aromatic heterocycles. The summed E-state index contributed by atoms with van der Waals surface area (Å²) in [6, 6.07) is 7.83. The van der Waals surface area contributed by atoms with Crippen molar-refractivity contribution in [2.75, 3.05) is 32.8 Å². The predicted octanol–water partition coefficient (Wildman–Crippen LogP) is 2.32. The molecule has 110 valence electrons. The van der Waals surface area contributed by atoms with Crippen LogP contribution in [0.5, 0.6) is 0 Å². The lowest BCUT2D eigenvalue weighted by atomic mass is 10.0. The Balaban J connectivity index is 1.62. The third-order valence-corrected chi connectivity index (χ3v) is 4.47. The Morgan fingerprint density at radius 2 is 2.15 bits per heavy atom. The third-order valence-electron chi connectivity index (χ3n) is 3.97. The molecule has 0 amide bonds. The van der Waals surface area contributed by atoms with Crippen molar-refractivity contribution >= 4 is 15.9 Å². The summed E-state index contributed by atoms with van der Waals surface area (Å²) in [4.78, 5) is 2.24. The minimum Gasteiger partial charge on any atom is -0.387 e. The van der Waals surface area contributed by atoms with Crippen LogP contribution in [-0.4, -0.2) is 48.6 Å². The Morgan fingerprint density at radius 3 is 2.90 bits per heavy atom. The molecule has 3 rings (SSSR count). The van der Waals surface area contributed by atoms with Gasteiger partial charge in [-0.15, -0.1) is 0 Å². The van der Waals surface area contributed by atoms with E-state index < -0.39 is 11.9 Å². The molecule has 1 atom stereocenters. The summed E-state index contributed by atoms with van der Waals surface area (Å²) in [5.74, 6) is -0.421. The first-order valence-electron chi connectivity index (χ1n) is 7.11. The zero-order chi connectivity index (χ0) is 14.0. The van der Waals surface area contributed by atoms with E-state index in [0.717, 1.165) is 36.0 Å². The molecule has 0 aliphatic carbocycles. The number of ether oxygens (including phenoxy) is 2. The van der Waals surface area contributed by atoms with Crippen LogP contribution in [0, 0.1) is 0 Å². The lowest BCUT2D eigenvalue weighted by Gasteiger charge is -2.39. The van der Waals surface area contributed by atoms with Gasteiger partial charge in [-0.2, -0.15) is 0 Å². The van der Waals surface area contributed by atoms with E-state index in [9.17, 15) is 5.11 Å². The van der Waals surface area contributed by atoms with Gasteiger partial charge in [0, 0.05) is 17.4 Å². The van der Waals surface area contributed by atoms with Gasteiger partial charge in [-0.1, -0.05) is 28.1 Å². The number of hydrogen-bond donors (Lipinski definition) is 1. The second-order valence-electron chi connectivity index (χ2n) is 5.52. The number of piperidine rings is 1. The predicted molar refractivity (Wildman–Crippen MR) is 79.4 cm³/mol. The van der Waals surface area contributed by atoms with Gasteiger partial charge in [0.15, 0.2) is 5.79 Å². The van der Waals surface area contributed by atoms with E-state index in [1.807, 2.05) is 24.3 Å². The van der Waals surface area contributed by atoms with Crippen molar-refractivity contribution in [1.29, 1.82) is 0 Å². The molecule has 5 heteroatoms. The average Bonchev–Trinajstić information content (AvgIpc) is 2.87. The summed E-state index contributed by atoms with van der Waals surface area (Å²) in [7, 11) is 0. The molecule has 2 heterocycles. The van der Waals surface area contributed by atoms with E-state index in [4.69, 9.17) is 9.47 Å². The fourth-order valence-corrected chi connectivity index (χ4v) is 3.44. The molecular weight excluding hydrogens is 322 g/mol. The zero-order valence-electron chi connectivity index (χ0n) is 11.4. The Bertz CT molecular complexity index is 462. The summed E-state index contributed by atoms with van der Waals surface area (Å²) in [6.45, 7) is 3.71. The summed E-state index contributed by atoms with van der Waals surface area (Å²) in [6.07, 6.45) is 1.52. The highest BCUT2D eigenvalue weighted by Crippen LogP contribution is 2.31. The third kappa shape index (κ3) is 3.23. The maximum absolute atomic E-state index is 10.4. The fourth-order valence-electron chi connectivity index (χ4n) is 3.02. The van der Waals surface area contributed by atoms with Crippen molar-refractivity contribution in [3.63, 3.8) is 0 Å². The minimum atomic E-state index is -0.482. The van der Waals surface area contributed by atoms with Gasteiger partial charge in [0.25, 0.3) is 0 Å². The van der Waals surface area contributed by atoms with Crippen molar-refractivity contribution in [2.45, 2.75) is 24.7 Å². The van der Waals surface area contributed by atoms with Gasteiger partial charge < -0.3 is 14.6 Å². The van der Waals surface area contributed by atoms with Gasteiger partial charge in [0.1, 0.15) is 0 Å². The first-order valence-corrected chi connectivity index (χ1v) is 7.90. The Kier molecular flexibility index (Phi) is 4.43. The van der Waals surface area contributed by atoms with Gasteiger partial charge in [0.2, 0.25) is 0 Å². The quantitative estimate of drug-likeness (QED) is 0.916. The van der Waals surface area contributed by atoms with Crippen LogP contribution in [-0.2, 0) is 9.47 Å². The molecule has 1 unspecified atom stereocenters. The first-order chi connectivity index (χ1) is 9.67. The van der Waals surface area contributed by atoms with E-state index in [-0.39, 0.29) is 0 Å². The molecule has 0 radical (unpaired) electrons. The maximum atomic E-state index is 10.4. The Morgan fingerprint density at radius 1 is 1.35 bits per heavy atom.